The molecule has 3 nitrogen and oxygen atoms in total. The van der Waals surface area contributed by atoms with Crippen molar-refractivity contribution in [2.24, 2.45) is 11.7 Å². The van der Waals surface area contributed by atoms with Gasteiger partial charge in [-0.3, -0.25) is 4.79 Å². The minimum atomic E-state index is -0.512. The lowest BCUT2D eigenvalue weighted by Gasteiger charge is -2.32. The van der Waals surface area contributed by atoms with E-state index in [0.29, 0.717) is 5.92 Å². The summed E-state index contributed by atoms with van der Waals surface area (Å²) in [5.74, 6) is 0.598. The molecule has 1 aromatic heterocycles. The molecule has 0 aromatic carbocycles. The third-order valence-corrected chi connectivity index (χ3v) is 4.31. The van der Waals surface area contributed by atoms with Crippen molar-refractivity contribution in [3.63, 3.8) is 0 Å². The molecule has 1 heterocycles. The predicted molar refractivity (Wildman–Crippen MR) is 66.2 cm³/mol. The van der Waals surface area contributed by atoms with Crippen LogP contribution in [-0.2, 0) is 4.79 Å². The molecule has 1 amide bonds. The highest BCUT2D eigenvalue weighted by molar-refractivity contribution is 7.10. The van der Waals surface area contributed by atoms with Gasteiger partial charge in [0.1, 0.15) is 6.04 Å². The Kier molecular flexibility index (Phi) is 3.61. The number of carbonyl (C=O) groups excluding carboxylic acids is 1. The maximum absolute atomic E-state index is 11.9. The molecule has 16 heavy (non-hydrogen) atoms. The topological polar surface area (TPSA) is 55.1 Å². The summed E-state index contributed by atoms with van der Waals surface area (Å²) < 4.78 is 0. The molecule has 0 radical (unpaired) electrons. The summed E-state index contributed by atoms with van der Waals surface area (Å²) in [5.41, 5.74) is 5.89. The number of nitrogens with two attached hydrogens (primary N) is 1. The molecule has 1 fully saturated rings. The van der Waals surface area contributed by atoms with Gasteiger partial charge in [0.2, 0.25) is 5.91 Å². The number of amides is 1. The van der Waals surface area contributed by atoms with Crippen molar-refractivity contribution in [2.45, 2.75) is 38.3 Å². The van der Waals surface area contributed by atoms with E-state index in [4.69, 9.17) is 5.73 Å². The van der Waals surface area contributed by atoms with Crippen molar-refractivity contribution in [3.05, 3.63) is 22.4 Å². The molecule has 2 atom stereocenters. The van der Waals surface area contributed by atoms with Gasteiger partial charge >= 0.3 is 0 Å². The van der Waals surface area contributed by atoms with Crippen molar-refractivity contribution in [1.82, 2.24) is 5.32 Å². The Hall–Kier alpha value is -0.870. The van der Waals surface area contributed by atoms with E-state index < -0.39 is 6.04 Å². The van der Waals surface area contributed by atoms with E-state index in [1.807, 2.05) is 17.5 Å². The van der Waals surface area contributed by atoms with E-state index in [9.17, 15) is 4.79 Å². The maximum Gasteiger partial charge on any atom is 0.242 e. The summed E-state index contributed by atoms with van der Waals surface area (Å²) in [6, 6.07) is 3.57. The van der Waals surface area contributed by atoms with Crippen molar-refractivity contribution < 1.29 is 4.79 Å². The lowest BCUT2D eigenvalue weighted by Crippen LogP contribution is -2.44. The average molecular weight is 238 g/mol. The lowest BCUT2D eigenvalue weighted by molar-refractivity contribution is -0.123. The Morgan fingerprint density at radius 1 is 1.62 bits per heavy atom. The first-order valence-corrected chi connectivity index (χ1v) is 6.66. The molecule has 2 rings (SSSR count). The molecule has 0 bridgehead atoms. The van der Waals surface area contributed by atoms with Gasteiger partial charge in [-0.15, -0.1) is 11.3 Å². The van der Waals surface area contributed by atoms with E-state index in [1.165, 1.54) is 30.6 Å². The summed E-state index contributed by atoms with van der Waals surface area (Å²) in [6.45, 7) is 2.07. The fraction of sp³-hybridized carbons (Fsp3) is 0.583. The van der Waals surface area contributed by atoms with Crippen molar-refractivity contribution in [3.8, 4) is 0 Å². The Bertz CT molecular complexity index is 346. The van der Waals surface area contributed by atoms with Gasteiger partial charge in [0.25, 0.3) is 0 Å². The van der Waals surface area contributed by atoms with E-state index in [2.05, 4.69) is 12.2 Å². The Morgan fingerprint density at radius 3 is 2.88 bits per heavy atom. The highest BCUT2D eigenvalue weighted by Crippen LogP contribution is 2.29. The molecular weight excluding hydrogens is 220 g/mol. The van der Waals surface area contributed by atoms with Crippen LogP contribution in [0.15, 0.2) is 17.5 Å². The average Bonchev–Trinajstić information content (AvgIpc) is 2.65. The molecule has 1 saturated carbocycles. The van der Waals surface area contributed by atoms with Crippen LogP contribution < -0.4 is 11.1 Å². The predicted octanol–water partition coefficient (Wildman–Crippen LogP) is 2.05. The summed E-state index contributed by atoms with van der Waals surface area (Å²) in [6.07, 6.45) is 3.76. The second kappa shape index (κ2) is 4.97. The number of nitrogens with one attached hydrogen (secondary N) is 1. The maximum atomic E-state index is 11.9. The molecule has 3 N–H and O–H groups in total. The van der Waals surface area contributed by atoms with Crippen LogP contribution in [0.1, 0.15) is 37.1 Å². The number of carbonyl (C=O) groups is 1. The van der Waals surface area contributed by atoms with E-state index in [-0.39, 0.29) is 11.9 Å². The van der Waals surface area contributed by atoms with Gasteiger partial charge < -0.3 is 11.1 Å². The van der Waals surface area contributed by atoms with E-state index in [0.717, 1.165) is 4.88 Å². The zero-order chi connectivity index (χ0) is 11.5. The highest BCUT2D eigenvalue weighted by atomic mass is 32.1. The van der Waals surface area contributed by atoms with Crippen LogP contribution in [0.2, 0.25) is 0 Å². The largest absolute Gasteiger partial charge is 0.352 e. The molecule has 0 spiro atoms. The number of thiophene rings is 1. The van der Waals surface area contributed by atoms with E-state index >= 15 is 0 Å². The zero-order valence-corrected chi connectivity index (χ0v) is 10.3. The second-order valence-corrected chi connectivity index (χ2v) is 5.46. The zero-order valence-electron chi connectivity index (χ0n) is 9.48. The minimum absolute atomic E-state index is 0.0538. The minimum Gasteiger partial charge on any atom is -0.352 e. The van der Waals surface area contributed by atoms with Gasteiger partial charge in [0.05, 0.1) is 0 Å². The number of hydrogen-bond donors (Lipinski definition) is 2. The standard InChI is InChI=1S/C12H18N2OS/c1-8(9-4-2-5-9)14-12(15)11(13)10-6-3-7-16-10/h3,6-9,11H,2,4-5,13H2,1H3,(H,14,15). The van der Waals surface area contributed by atoms with Gasteiger partial charge in [-0.1, -0.05) is 12.5 Å². The molecule has 2 unspecified atom stereocenters. The van der Waals surface area contributed by atoms with Crippen molar-refractivity contribution in [2.75, 3.05) is 0 Å². The highest BCUT2D eigenvalue weighted by Gasteiger charge is 2.27. The summed E-state index contributed by atoms with van der Waals surface area (Å²) in [4.78, 5) is 12.8. The lowest BCUT2D eigenvalue weighted by atomic mass is 9.80. The Morgan fingerprint density at radius 2 is 2.38 bits per heavy atom. The van der Waals surface area contributed by atoms with Crippen LogP contribution in [-0.4, -0.2) is 11.9 Å². The van der Waals surface area contributed by atoms with E-state index in [1.54, 1.807) is 0 Å². The molecule has 0 aliphatic heterocycles. The third kappa shape index (κ3) is 2.44. The fourth-order valence-electron chi connectivity index (χ4n) is 1.97. The summed E-state index contributed by atoms with van der Waals surface area (Å²) in [5, 5.41) is 4.95. The smallest absolute Gasteiger partial charge is 0.242 e. The first-order valence-electron chi connectivity index (χ1n) is 5.78. The van der Waals surface area contributed by atoms with Gasteiger partial charge in [-0.25, -0.2) is 0 Å². The Balaban J connectivity index is 1.87. The van der Waals surface area contributed by atoms with Crippen molar-refractivity contribution >= 4 is 17.2 Å². The quantitative estimate of drug-likeness (QED) is 0.843. The molecule has 1 aliphatic rings. The molecular formula is C12H18N2OS. The normalized spacial score (nSPS) is 19.9. The number of rotatable bonds is 4. The van der Waals surface area contributed by atoms with Gasteiger partial charge in [0.15, 0.2) is 0 Å². The van der Waals surface area contributed by atoms with Crippen molar-refractivity contribution in [1.29, 1.82) is 0 Å². The SMILES string of the molecule is CC(NC(=O)C(N)c1cccs1)C1CCC1. The monoisotopic (exact) mass is 238 g/mol. The molecule has 1 aromatic rings. The van der Waals surface area contributed by atoms with Crippen LogP contribution in [0.5, 0.6) is 0 Å². The third-order valence-electron chi connectivity index (χ3n) is 3.36. The van der Waals surface area contributed by atoms with Gasteiger partial charge in [0, 0.05) is 10.9 Å². The molecule has 1 aliphatic carbocycles. The van der Waals surface area contributed by atoms with Crippen LogP contribution in [0.4, 0.5) is 0 Å². The van der Waals surface area contributed by atoms with Crippen LogP contribution in [0, 0.1) is 5.92 Å². The first-order chi connectivity index (χ1) is 7.68. The van der Waals surface area contributed by atoms with Gasteiger partial charge in [-0.05, 0) is 37.1 Å². The van der Waals surface area contributed by atoms with Crippen LogP contribution >= 0.6 is 11.3 Å². The van der Waals surface area contributed by atoms with Gasteiger partial charge in [-0.2, -0.15) is 0 Å². The van der Waals surface area contributed by atoms with Crippen LogP contribution in [0.25, 0.3) is 0 Å². The second-order valence-electron chi connectivity index (χ2n) is 4.48. The first kappa shape index (κ1) is 11.6. The molecule has 0 saturated heterocycles. The molecule has 88 valence electrons. The number of hydrogen-bond acceptors (Lipinski definition) is 3. The summed E-state index contributed by atoms with van der Waals surface area (Å²) >= 11 is 1.53. The Labute approximate surface area is 100 Å². The molecule has 4 heteroatoms. The summed E-state index contributed by atoms with van der Waals surface area (Å²) in [7, 11) is 0. The fourth-order valence-corrected chi connectivity index (χ4v) is 2.69. The van der Waals surface area contributed by atoms with Crippen LogP contribution in [0.3, 0.4) is 0 Å².